The molecule has 0 fully saturated rings. The SMILES string of the molecule is COc1ccc(C2N(c3ccccc3)c3c(nc(N)n(-c4ccccc4)c3=O)N2C(OCCCOC(=O)CCCOCc2ccccc2)OC(=O)CCCOCc2ccccc2)cc1. The van der Waals surface area contributed by atoms with Crippen LogP contribution in [0, 0.1) is 0 Å². The number of ether oxygens (including phenoxy) is 6. The molecular formula is C50H53N5O9. The number of esters is 2. The predicted molar refractivity (Wildman–Crippen MR) is 243 cm³/mol. The number of anilines is 4. The van der Waals surface area contributed by atoms with E-state index in [1.165, 1.54) is 4.57 Å². The van der Waals surface area contributed by atoms with Gasteiger partial charge in [0.15, 0.2) is 11.5 Å². The molecule has 5 aromatic carbocycles. The van der Waals surface area contributed by atoms with Gasteiger partial charge in [0.05, 0.1) is 39.2 Å². The second kappa shape index (κ2) is 22.9. The standard InChI is InChI=1S/C50H53N5O9/c1-59-42-29-27-39(28-30-42)47-53(40-21-10-4-11-22-40)45-46(52-49(51)54(48(45)58)41-23-12-5-13-24-41)55(47)50(64-44(57)26-15-32-61-36-38-19-8-3-9-20-38)63-34-16-33-62-43(56)25-14-31-60-35-37-17-6-2-7-18-37/h2-13,17-24,27-30,47,50H,14-16,25-26,31-36H2,1H3,(H2,51,52). The number of rotatable bonds is 23. The summed E-state index contributed by atoms with van der Waals surface area (Å²) in [5, 5.41) is 0. The van der Waals surface area contributed by atoms with Gasteiger partial charge in [-0.1, -0.05) is 109 Å². The highest BCUT2D eigenvalue weighted by molar-refractivity contribution is 5.83. The van der Waals surface area contributed by atoms with Crippen LogP contribution in [0.4, 0.5) is 23.1 Å². The molecule has 332 valence electrons. The van der Waals surface area contributed by atoms with Gasteiger partial charge in [-0.2, -0.15) is 4.98 Å². The Morgan fingerprint density at radius 3 is 1.78 bits per heavy atom. The summed E-state index contributed by atoms with van der Waals surface area (Å²) in [5.41, 5.74) is 10.4. The van der Waals surface area contributed by atoms with Gasteiger partial charge in [0.2, 0.25) is 5.95 Å². The Morgan fingerprint density at radius 2 is 1.20 bits per heavy atom. The number of nitrogens with two attached hydrogens (primary N) is 1. The van der Waals surface area contributed by atoms with Crippen molar-refractivity contribution in [3.63, 3.8) is 0 Å². The maximum Gasteiger partial charge on any atom is 0.309 e. The molecule has 2 unspecified atom stereocenters. The number of methoxy groups -OCH3 is 1. The predicted octanol–water partition coefficient (Wildman–Crippen LogP) is 8.25. The van der Waals surface area contributed by atoms with Crippen molar-refractivity contribution in [3.8, 4) is 11.4 Å². The van der Waals surface area contributed by atoms with Crippen LogP contribution in [0.2, 0.25) is 0 Å². The fourth-order valence-corrected chi connectivity index (χ4v) is 7.27. The fourth-order valence-electron chi connectivity index (χ4n) is 7.27. The van der Waals surface area contributed by atoms with Gasteiger partial charge in [-0.15, -0.1) is 0 Å². The highest BCUT2D eigenvalue weighted by Crippen LogP contribution is 2.49. The van der Waals surface area contributed by atoms with Crippen molar-refractivity contribution in [3.05, 3.63) is 173 Å². The lowest BCUT2D eigenvalue weighted by Gasteiger charge is -2.36. The minimum Gasteiger partial charge on any atom is -0.497 e. The lowest BCUT2D eigenvalue weighted by atomic mass is 10.1. The maximum absolute atomic E-state index is 14.9. The second-order valence-corrected chi connectivity index (χ2v) is 14.9. The van der Waals surface area contributed by atoms with Gasteiger partial charge < -0.3 is 39.1 Å². The minimum atomic E-state index is -1.42. The van der Waals surface area contributed by atoms with Gasteiger partial charge in [0, 0.05) is 38.2 Å². The number of nitrogens with zero attached hydrogens (tertiary/aromatic N) is 4. The number of carbonyl (C=O) groups excluding carboxylic acids is 2. The summed E-state index contributed by atoms with van der Waals surface area (Å²) in [5.74, 6) is -0.242. The monoisotopic (exact) mass is 867 g/mol. The van der Waals surface area contributed by atoms with E-state index in [1.807, 2.05) is 138 Å². The van der Waals surface area contributed by atoms with Gasteiger partial charge >= 0.3 is 11.9 Å². The molecule has 1 aliphatic rings. The highest BCUT2D eigenvalue weighted by atomic mass is 16.7. The molecule has 0 bridgehead atoms. The van der Waals surface area contributed by atoms with Crippen LogP contribution in [-0.2, 0) is 46.5 Å². The van der Waals surface area contributed by atoms with Crippen molar-refractivity contribution >= 4 is 35.1 Å². The molecule has 1 aliphatic heterocycles. The van der Waals surface area contributed by atoms with Crippen molar-refractivity contribution < 1.29 is 38.0 Å². The Balaban J connectivity index is 1.14. The summed E-state index contributed by atoms with van der Waals surface area (Å²) in [6.07, 6.45) is -0.882. The number of carbonyl (C=O) groups is 2. The molecule has 2 heterocycles. The number of para-hydroxylation sites is 2. The summed E-state index contributed by atoms with van der Waals surface area (Å²) < 4.78 is 36.6. The Labute approximate surface area is 372 Å². The quantitative estimate of drug-likeness (QED) is 0.0373. The zero-order valence-corrected chi connectivity index (χ0v) is 35.8. The summed E-state index contributed by atoms with van der Waals surface area (Å²) in [4.78, 5) is 49.7. The Hall–Kier alpha value is -7.00. The van der Waals surface area contributed by atoms with Crippen LogP contribution in [0.5, 0.6) is 5.75 Å². The summed E-state index contributed by atoms with van der Waals surface area (Å²) in [6, 6.07) is 45.4. The van der Waals surface area contributed by atoms with E-state index < -0.39 is 24.1 Å². The average Bonchev–Trinajstić information content (AvgIpc) is 3.67. The van der Waals surface area contributed by atoms with Crippen molar-refractivity contribution in [1.29, 1.82) is 0 Å². The smallest absolute Gasteiger partial charge is 0.309 e. The molecule has 2 atom stereocenters. The first kappa shape index (κ1) is 45.0. The Morgan fingerprint density at radius 1 is 0.656 bits per heavy atom. The molecule has 64 heavy (non-hydrogen) atoms. The van der Waals surface area contributed by atoms with E-state index in [-0.39, 0.29) is 55.9 Å². The van der Waals surface area contributed by atoms with Crippen LogP contribution in [0.1, 0.15) is 55.0 Å². The fraction of sp³-hybridized carbons (Fsp3) is 0.280. The third-order valence-corrected chi connectivity index (χ3v) is 10.4. The van der Waals surface area contributed by atoms with Crippen LogP contribution in [0.15, 0.2) is 150 Å². The van der Waals surface area contributed by atoms with Crippen molar-refractivity contribution in [1.82, 2.24) is 9.55 Å². The molecule has 1 aromatic heterocycles. The first-order chi connectivity index (χ1) is 31.4. The zero-order valence-electron chi connectivity index (χ0n) is 35.8. The molecule has 0 radical (unpaired) electrons. The third-order valence-electron chi connectivity index (χ3n) is 10.4. The van der Waals surface area contributed by atoms with Crippen molar-refractivity contribution in [2.45, 2.75) is 57.9 Å². The second-order valence-electron chi connectivity index (χ2n) is 14.9. The number of hydrogen-bond acceptors (Lipinski definition) is 13. The highest BCUT2D eigenvalue weighted by Gasteiger charge is 2.47. The number of aromatic nitrogens is 2. The largest absolute Gasteiger partial charge is 0.497 e. The summed E-state index contributed by atoms with van der Waals surface area (Å²) >= 11 is 0. The lowest BCUT2D eigenvalue weighted by molar-refractivity contribution is -0.181. The molecule has 0 saturated carbocycles. The molecule has 2 N–H and O–H groups in total. The topological polar surface area (TPSA) is 157 Å². The van der Waals surface area contributed by atoms with Crippen LogP contribution in [0.25, 0.3) is 5.69 Å². The van der Waals surface area contributed by atoms with Crippen LogP contribution in [0.3, 0.4) is 0 Å². The number of nitrogen functional groups attached to an aromatic ring is 1. The van der Waals surface area contributed by atoms with Gasteiger partial charge in [-0.3, -0.25) is 19.3 Å². The van der Waals surface area contributed by atoms with Crippen LogP contribution in [-0.4, -0.2) is 61.4 Å². The Kier molecular flexibility index (Phi) is 16.1. The van der Waals surface area contributed by atoms with E-state index in [1.54, 1.807) is 24.1 Å². The molecule has 0 spiro atoms. The third kappa shape index (κ3) is 11.7. The molecule has 0 amide bonds. The Bertz CT molecular complexity index is 2440. The van der Waals surface area contributed by atoms with Gasteiger partial charge in [0.25, 0.3) is 12.0 Å². The lowest BCUT2D eigenvalue weighted by Crippen LogP contribution is -2.45. The molecule has 14 nitrogen and oxygen atoms in total. The van der Waals surface area contributed by atoms with E-state index in [0.29, 0.717) is 62.0 Å². The number of fused-ring (bicyclic) bond motifs is 1. The number of benzene rings is 5. The van der Waals surface area contributed by atoms with Gasteiger partial charge in [-0.05, 0) is 65.9 Å². The maximum atomic E-state index is 14.9. The average molecular weight is 868 g/mol. The minimum absolute atomic E-state index is 0.00860. The van der Waals surface area contributed by atoms with E-state index in [0.717, 1.165) is 11.1 Å². The summed E-state index contributed by atoms with van der Waals surface area (Å²) in [7, 11) is 1.58. The van der Waals surface area contributed by atoms with Gasteiger partial charge in [0.1, 0.15) is 11.9 Å². The molecular weight excluding hydrogens is 815 g/mol. The van der Waals surface area contributed by atoms with Crippen LogP contribution < -0.4 is 25.8 Å². The van der Waals surface area contributed by atoms with Crippen molar-refractivity contribution in [2.75, 3.05) is 49.1 Å². The van der Waals surface area contributed by atoms with E-state index in [9.17, 15) is 14.4 Å². The normalized spacial score (nSPS) is 13.6. The first-order valence-electron chi connectivity index (χ1n) is 21.4. The molecule has 0 saturated heterocycles. The first-order valence-corrected chi connectivity index (χ1v) is 21.4. The van der Waals surface area contributed by atoms with Crippen molar-refractivity contribution in [2.24, 2.45) is 0 Å². The van der Waals surface area contributed by atoms with E-state index in [2.05, 4.69) is 0 Å². The zero-order chi connectivity index (χ0) is 44.5. The van der Waals surface area contributed by atoms with Crippen LogP contribution >= 0.6 is 0 Å². The molecule has 7 rings (SSSR count). The summed E-state index contributed by atoms with van der Waals surface area (Å²) in [6.45, 7) is 1.68. The van der Waals surface area contributed by atoms with E-state index >= 15 is 0 Å². The van der Waals surface area contributed by atoms with Gasteiger partial charge in [-0.25, -0.2) is 4.57 Å². The molecule has 0 aliphatic carbocycles. The molecule has 6 aromatic rings. The van der Waals surface area contributed by atoms with E-state index in [4.69, 9.17) is 39.1 Å². The molecule has 14 heteroatoms. The number of hydrogen-bond donors (Lipinski definition) is 1.